The summed E-state index contributed by atoms with van der Waals surface area (Å²) in [6.07, 6.45) is 5.46. The van der Waals surface area contributed by atoms with E-state index in [0.29, 0.717) is 0 Å². The lowest BCUT2D eigenvalue weighted by atomic mass is 9.86. The maximum absolute atomic E-state index is 5.87. The van der Waals surface area contributed by atoms with Gasteiger partial charge in [-0.25, -0.2) is 0 Å². The Morgan fingerprint density at radius 2 is 2.12 bits per heavy atom. The SMILES string of the molecule is c1cc2c(c(C3CNCCO3)c1)CCCC2. The average molecular weight is 217 g/mol. The number of fused-ring (bicyclic) bond motifs is 1. The van der Waals surface area contributed by atoms with Crippen LogP contribution in [0.25, 0.3) is 0 Å². The zero-order valence-corrected chi connectivity index (χ0v) is 9.67. The summed E-state index contributed by atoms with van der Waals surface area (Å²) in [5.41, 5.74) is 4.56. The van der Waals surface area contributed by atoms with Crippen LogP contribution in [0.4, 0.5) is 0 Å². The molecule has 1 fully saturated rings. The Morgan fingerprint density at radius 3 is 3.00 bits per heavy atom. The van der Waals surface area contributed by atoms with E-state index in [-0.39, 0.29) is 6.10 Å². The maximum atomic E-state index is 5.87. The Balaban J connectivity index is 1.93. The van der Waals surface area contributed by atoms with Crippen LogP contribution in [0.3, 0.4) is 0 Å². The van der Waals surface area contributed by atoms with Crippen molar-refractivity contribution < 1.29 is 4.74 Å². The van der Waals surface area contributed by atoms with Crippen LogP contribution < -0.4 is 5.32 Å². The summed E-state index contributed by atoms with van der Waals surface area (Å²) >= 11 is 0. The summed E-state index contributed by atoms with van der Waals surface area (Å²) in [4.78, 5) is 0. The molecule has 1 N–H and O–H groups in total. The summed E-state index contributed by atoms with van der Waals surface area (Å²) in [6.45, 7) is 2.80. The topological polar surface area (TPSA) is 21.3 Å². The summed E-state index contributed by atoms with van der Waals surface area (Å²) in [5.74, 6) is 0. The Labute approximate surface area is 97.0 Å². The van der Waals surface area contributed by atoms with E-state index in [2.05, 4.69) is 23.5 Å². The molecule has 2 nitrogen and oxygen atoms in total. The first kappa shape index (κ1) is 10.3. The Hall–Kier alpha value is -0.860. The summed E-state index contributed by atoms with van der Waals surface area (Å²) in [6, 6.07) is 6.73. The van der Waals surface area contributed by atoms with Crippen molar-refractivity contribution in [3.63, 3.8) is 0 Å². The molecule has 2 heteroatoms. The van der Waals surface area contributed by atoms with E-state index in [1.807, 2.05) is 0 Å². The van der Waals surface area contributed by atoms with Crippen LogP contribution >= 0.6 is 0 Å². The number of hydrogen-bond donors (Lipinski definition) is 1. The van der Waals surface area contributed by atoms with Gasteiger partial charge in [0.2, 0.25) is 0 Å². The van der Waals surface area contributed by atoms with Crippen LogP contribution in [-0.4, -0.2) is 19.7 Å². The third-order valence-corrected chi connectivity index (χ3v) is 3.71. The molecule has 1 saturated heterocycles. The van der Waals surface area contributed by atoms with E-state index in [4.69, 9.17) is 4.74 Å². The van der Waals surface area contributed by atoms with Gasteiger partial charge in [-0.15, -0.1) is 0 Å². The van der Waals surface area contributed by atoms with Crippen molar-refractivity contribution in [1.29, 1.82) is 0 Å². The molecule has 1 aromatic rings. The van der Waals surface area contributed by atoms with Crippen molar-refractivity contribution in [2.45, 2.75) is 31.8 Å². The molecule has 0 amide bonds. The fraction of sp³-hybridized carbons (Fsp3) is 0.571. The monoisotopic (exact) mass is 217 g/mol. The molecule has 1 heterocycles. The van der Waals surface area contributed by atoms with Crippen molar-refractivity contribution in [2.24, 2.45) is 0 Å². The van der Waals surface area contributed by atoms with E-state index in [0.717, 1.165) is 19.7 Å². The quantitative estimate of drug-likeness (QED) is 0.779. The fourth-order valence-electron chi connectivity index (χ4n) is 2.88. The summed E-state index contributed by atoms with van der Waals surface area (Å²) in [5, 5.41) is 3.42. The van der Waals surface area contributed by atoms with E-state index in [1.165, 1.54) is 31.2 Å². The van der Waals surface area contributed by atoms with Gasteiger partial charge in [-0.2, -0.15) is 0 Å². The molecule has 2 aliphatic rings. The normalized spacial score (nSPS) is 25.1. The van der Waals surface area contributed by atoms with Crippen molar-refractivity contribution in [1.82, 2.24) is 5.32 Å². The van der Waals surface area contributed by atoms with E-state index in [1.54, 1.807) is 11.1 Å². The first-order valence-corrected chi connectivity index (χ1v) is 6.38. The molecule has 86 valence electrons. The minimum absolute atomic E-state index is 0.279. The van der Waals surface area contributed by atoms with Crippen LogP contribution in [-0.2, 0) is 17.6 Å². The van der Waals surface area contributed by atoms with Crippen molar-refractivity contribution in [3.8, 4) is 0 Å². The maximum Gasteiger partial charge on any atom is 0.0952 e. The lowest BCUT2D eigenvalue weighted by molar-refractivity contribution is 0.0270. The predicted molar refractivity (Wildman–Crippen MR) is 64.6 cm³/mol. The number of ether oxygens (including phenoxy) is 1. The van der Waals surface area contributed by atoms with Crippen LogP contribution in [0.1, 0.15) is 35.6 Å². The zero-order chi connectivity index (χ0) is 10.8. The third kappa shape index (κ3) is 1.87. The zero-order valence-electron chi connectivity index (χ0n) is 9.67. The van der Waals surface area contributed by atoms with Crippen LogP contribution in [0, 0.1) is 0 Å². The molecule has 1 aliphatic carbocycles. The first-order valence-electron chi connectivity index (χ1n) is 6.38. The molecule has 0 saturated carbocycles. The molecule has 0 bridgehead atoms. The number of nitrogens with one attached hydrogen (secondary N) is 1. The second-order valence-electron chi connectivity index (χ2n) is 4.76. The molecule has 1 unspecified atom stereocenters. The Morgan fingerprint density at radius 1 is 1.19 bits per heavy atom. The number of hydrogen-bond acceptors (Lipinski definition) is 2. The molecule has 3 rings (SSSR count). The van der Waals surface area contributed by atoms with Gasteiger partial charge in [-0.1, -0.05) is 18.2 Å². The van der Waals surface area contributed by atoms with Crippen molar-refractivity contribution >= 4 is 0 Å². The highest BCUT2D eigenvalue weighted by Crippen LogP contribution is 2.30. The molecule has 1 aliphatic heterocycles. The van der Waals surface area contributed by atoms with Gasteiger partial charge in [0.1, 0.15) is 0 Å². The fourth-order valence-corrected chi connectivity index (χ4v) is 2.88. The third-order valence-electron chi connectivity index (χ3n) is 3.71. The number of aryl methyl sites for hydroxylation is 1. The van der Waals surface area contributed by atoms with Crippen molar-refractivity contribution in [2.75, 3.05) is 19.7 Å². The minimum atomic E-state index is 0.279. The highest BCUT2D eigenvalue weighted by molar-refractivity contribution is 5.38. The lowest BCUT2D eigenvalue weighted by Gasteiger charge is -2.28. The van der Waals surface area contributed by atoms with Crippen LogP contribution in [0.15, 0.2) is 18.2 Å². The molecule has 1 aromatic carbocycles. The molecule has 0 radical (unpaired) electrons. The number of morpholine rings is 1. The van der Waals surface area contributed by atoms with Gasteiger partial charge in [0.05, 0.1) is 12.7 Å². The highest BCUT2D eigenvalue weighted by atomic mass is 16.5. The van der Waals surface area contributed by atoms with Crippen molar-refractivity contribution in [3.05, 3.63) is 34.9 Å². The van der Waals surface area contributed by atoms with Gasteiger partial charge in [0, 0.05) is 13.1 Å². The smallest absolute Gasteiger partial charge is 0.0952 e. The predicted octanol–water partition coefficient (Wildman–Crippen LogP) is 2.23. The first-order chi connectivity index (χ1) is 7.95. The van der Waals surface area contributed by atoms with Crippen LogP contribution in [0.2, 0.25) is 0 Å². The molecule has 0 spiro atoms. The average Bonchev–Trinajstić information content (AvgIpc) is 2.39. The van der Waals surface area contributed by atoms with E-state index < -0.39 is 0 Å². The van der Waals surface area contributed by atoms with Gasteiger partial charge < -0.3 is 10.1 Å². The van der Waals surface area contributed by atoms with Gasteiger partial charge in [-0.05, 0) is 42.4 Å². The van der Waals surface area contributed by atoms with Gasteiger partial charge in [0.15, 0.2) is 0 Å². The molecule has 1 atom stereocenters. The van der Waals surface area contributed by atoms with Gasteiger partial charge in [-0.3, -0.25) is 0 Å². The van der Waals surface area contributed by atoms with E-state index in [9.17, 15) is 0 Å². The second-order valence-corrected chi connectivity index (χ2v) is 4.76. The van der Waals surface area contributed by atoms with Gasteiger partial charge >= 0.3 is 0 Å². The number of benzene rings is 1. The minimum Gasteiger partial charge on any atom is -0.371 e. The molecule has 16 heavy (non-hydrogen) atoms. The molecule has 0 aromatic heterocycles. The number of rotatable bonds is 1. The molecular formula is C14H19NO. The standard InChI is InChI=1S/C14H19NO/c1-2-6-12-11(4-1)5-3-7-13(12)14-10-15-8-9-16-14/h3,5,7,14-15H,1-2,4,6,8-10H2. The Bertz CT molecular complexity index is 369. The second kappa shape index (κ2) is 4.56. The lowest BCUT2D eigenvalue weighted by Crippen LogP contribution is -2.34. The molecular weight excluding hydrogens is 198 g/mol. The largest absolute Gasteiger partial charge is 0.371 e. The van der Waals surface area contributed by atoms with Crippen LogP contribution in [0.5, 0.6) is 0 Å². The highest BCUT2D eigenvalue weighted by Gasteiger charge is 2.21. The van der Waals surface area contributed by atoms with Gasteiger partial charge in [0.25, 0.3) is 0 Å². The summed E-state index contributed by atoms with van der Waals surface area (Å²) < 4.78 is 5.87. The Kier molecular flexibility index (Phi) is 2.94. The van der Waals surface area contributed by atoms with E-state index >= 15 is 0 Å². The summed E-state index contributed by atoms with van der Waals surface area (Å²) in [7, 11) is 0.